The van der Waals surface area contributed by atoms with Crippen LogP contribution in [0.4, 0.5) is 8.78 Å². The molecule has 0 aliphatic carbocycles. The largest absolute Gasteiger partial charge is 0.380 e. The third kappa shape index (κ3) is 4.31. The third-order valence-corrected chi connectivity index (χ3v) is 1.68. The van der Waals surface area contributed by atoms with Gasteiger partial charge >= 0.3 is 5.38 Å². The number of rotatable bonds is 3. The molecular weight excluding hydrogens is 202 g/mol. The van der Waals surface area contributed by atoms with Crippen molar-refractivity contribution in [3.63, 3.8) is 0 Å². The quantitative estimate of drug-likeness (QED) is 0.532. The lowest BCUT2D eigenvalue weighted by atomic mass is 9.88. The highest BCUT2D eigenvalue weighted by Gasteiger charge is 2.38. The zero-order chi connectivity index (χ0) is 10.9. The average molecular weight is 213 g/mol. The van der Waals surface area contributed by atoms with Gasteiger partial charge in [-0.25, -0.2) is 0 Å². The molecule has 0 heterocycles. The number of halogens is 3. The van der Waals surface area contributed by atoms with E-state index in [1.54, 1.807) is 20.8 Å². The lowest BCUT2D eigenvalue weighted by Crippen LogP contribution is -2.29. The molecule has 0 rings (SSSR count). The Morgan fingerprint density at radius 2 is 1.54 bits per heavy atom. The molecule has 0 aromatic rings. The zero-order valence-corrected chi connectivity index (χ0v) is 8.41. The van der Waals surface area contributed by atoms with Crippen LogP contribution in [0, 0.1) is 5.41 Å². The van der Waals surface area contributed by atoms with Gasteiger partial charge in [-0.3, -0.25) is 9.59 Å². The van der Waals surface area contributed by atoms with E-state index in [2.05, 4.69) is 11.6 Å². The van der Waals surface area contributed by atoms with Gasteiger partial charge in [0.25, 0.3) is 0 Å². The van der Waals surface area contributed by atoms with Gasteiger partial charge in [0.2, 0.25) is 5.78 Å². The van der Waals surface area contributed by atoms with Gasteiger partial charge in [0.15, 0.2) is 0 Å². The molecule has 5 heteroatoms. The highest BCUT2D eigenvalue weighted by atomic mass is 35.5. The van der Waals surface area contributed by atoms with Gasteiger partial charge in [-0.05, 0) is 11.6 Å². The van der Waals surface area contributed by atoms with Crippen LogP contribution in [0.25, 0.3) is 0 Å². The Hall–Kier alpha value is -0.510. The summed E-state index contributed by atoms with van der Waals surface area (Å²) < 4.78 is 24.3. The normalized spacial score (nSPS) is 12.8. The van der Waals surface area contributed by atoms with Crippen molar-refractivity contribution in [2.24, 2.45) is 5.41 Å². The summed E-state index contributed by atoms with van der Waals surface area (Å²) in [5.41, 5.74) is -0.794. The summed E-state index contributed by atoms with van der Waals surface area (Å²) in [6.45, 7) is 4.65. The van der Waals surface area contributed by atoms with Crippen molar-refractivity contribution in [1.29, 1.82) is 0 Å². The summed E-state index contributed by atoms with van der Waals surface area (Å²) >= 11 is 4.44. The Morgan fingerprint density at radius 1 is 1.15 bits per heavy atom. The van der Waals surface area contributed by atoms with E-state index in [0.29, 0.717) is 0 Å². The van der Waals surface area contributed by atoms with Gasteiger partial charge in [-0.15, -0.1) is 0 Å². The van der Waals surface area contributed by atoms with Crippen LogP contribution in [0.5, 0.6) is 0 Å². The van der Waals surface area contributed by atoms with E-state index < -0.39 is 28.8 Å². The SMILES string of the molecule is CC(C)(C)C(=O)CC(=O)C(F)(F)Cl. The molecule has 0 saturated carbocycles. The van der Waals surface area contributed by atoms with Crippen LogP contribution in [-0.4, -0.2) is 16.9 Å². The lowest BCUT2D eigenvalue weighted by molar-refractivity contribution is -0.139. The summed E-state index contributed by atoms with van der Waals surface area (Å²) in [6.07, 6.45) is -0.819. The first kappa shape index (κ1) is 12.5. The molecule has 76 valence electrons. The maximum absolute atomic E-state index is 12.1. The molecule has 0 fully saturated rings. The van der Waals surface area contributed by atoms with E-state index in [9.17, 15) is 18.4 Å². The first-order valence-electron chi connectivity index (χ1n) is 3.68. The molecule has 0 bridgehead atoms. The maximum atomic E-state index is 12.1. The molecule has 0 aromatic carbocycles. The molecule has 0 aliphatic heterocycles. The third-order valence-electron chi connectivity index (χ3n) is 1.47. The summed E-state index contributed by atoms with van der Waals surface area (Å²) in [5.74, 6) is -2.09. The molecule has 0 aromatic heterocycles. The van der Waals surface area contributed by atoms with E-state index in [1.807, 2.05) is 0 Å². The molecule has 13 heavy (non-hydrogen) atoms. The van der Waals surface area contributed by atoms with Crippen LogP contribution in [0.1, 0.15) is 27.2 Å². The number of alkyl halides is 3. The number of hydrogen-bond acceptors (Lipinski definition) is 2. The molecule has 0 radical (unpaired) electrons. The van der Waals surface area contributed by atoms with Gasteiger partial charge in [-0.2, -0.15) is 8.78 Å². The second-order valence-electron chi connectivity index (χ2n) is 3.77. The van der Waals surface area contributed by atoms with Gasteiger partial charge in [0.1, 0.15) is 5.78 Å². The topological polar surface area (TPSA) is 34.1 Å². The van der Waals surface area contributed by atoms with Crippen molar-refractivity contribution in [1.82, 2.24) is 0 Å². The smallest absolute Gasteiger partial charge is 0.299 e. The molecule has 0 unspecified atom stereocenters. The van der Waals surface area contributed by atoms with E-state index in [4.69, 9.17) is 0 Å². The van der Waals surface area contributed by atoms with Crippen molar-refractivity contribution in [3.05, 3.63) is 0 Å². The summed E-state index contributed by atoms with van der Waals surface area (Å²) in [6, 6.07) is 0. The van der Waals surface area contributed by atoms with Crippen molar-refractivity contribution in [2.75, 3.05) is 0 Å². The second kappa shape index (κ2) is 3.70. The molecule has 0 N–H and O–H groups in total. The molecule has 0 amide bonds. The van der Waals surface area contributed by atoms with Crippen molar-refractivity contribution in [2.45, 2.75) is 32.6 Å². The fourth-order valence-electron chi connectivity index (χ4n) is 0.511. The maximum Gasteiger partial charge on any atom is 0.380 e. The fourth-order valence-corrected chi connectivity index (χ4v) is 0.578. The van der Waals surface area contributed by atoms with Crippen LogP contribution >= 0.6 is 11.6 Å². The molecule has 0 aliphatic rings. The predicted molar refractivity (Wildman–Crippen MR) is 44.9 cm³/mol. The summed E-state index contributed by atoms with van der Waals surface area (Å²) in [7, 11) is 0. The molecular formula is C8H11ClF2O2. The van der Waals surface area contributed by atoms with E-state index in [-0.39, 0.29) is 0 Å². The van der Waals surface area contributed by atoms with Crippen LogP contribution in [-0.2, 0) is 9.59 Å². The predicted octanol–water partition coefficient (Wildman–Crippen LogP) is 2.39. The Bertz CT molecular complexity index is 201. The number of Topliss-reactive ketones (excluding diaryl/α,β-unsaturated/α-hetero) is 2. The Balaban J connectivity index is 4.34. The van der Waals surface area contributed by atoms with E-state index in [1.165, 1.54) is 0 Å². The van der Waals surface area contributed by atoms with Crippen molar-refractivity contribution < 1.29 is 18.4 Å². The van der Waals surface area contributed by atoms with Gasteiger partial charge in [0.05, 0.1) is 6.42 Å². The fraction of sp³-hybridized carbons (Fsp3) is 0.750. The van der Waals surface area contributed by atoms with E-state index in [0.717, 1.165) is 0 Å². The van der Waals surface area contributed by atoms with Crippen LogP contribution in [0.15, 0.2) is 0 Å². The summed E-state index contributed by atoms with van der Waals surface area (Å²) in [4.78, 5) is 21.7. The minimum Gasteiger partial charge on any atom is -0.299 e. The summed E-state index contributed by atoms with van der Waals surface area (Å²) in [5, 5.41) is -3.93. The number of hydrogen-bond donors (Lipinski definition) is 0. The number of ketones is 2. The Morgan fingerprint density at radius 3 is 1.77 bits per heavy atom. The Kier molecular flexibility index (Phi) is 3.55. The number of carbonyl (C=O) groups is 2. The van der Waals surface area contributed by atoms with Gasteiger partial charge in [-0.1, -0.05) is 20.8 Å². The lowest BCUT2D eigenvalue weighted by Gasteiger charge is -2.16. The van der Waals surface area contributed by atoms with Gasteiger partial charge < -0.3 is 0 Å². The monoisotopic (exact) mass is 212 g/mol. The van der Waals surface area contributed by atoms with Crippen LogP contribution < -0.4 is 0 Å². The second-order valence-corrected chi connectivity index (χ2v) is 4.25. The first-order valence-corrected chi connectivity index (χ1v) is 4.06. The highest BCUT2D eigenvalue weighted by Crippen LogP contribution is 2.24. The minimum absolute atomic E-state index is 0.544. The molecule has 0 saturated heterocycles. The average Bonchev–Trinajstić information content (AvgIpc) is 1.82. The van der Waals surface area contributed by atoms with Crippen LogP contribution in [0.3, 0.4) is 0 Å². The Labute approximate surface area is 80.3 Å². The van der Waals surface area contributed by atoms with Crippen molar-refractivity contribution in [3.8, 4) is 0 Å². The van der Waals surface area contributed by atoms with Crippen LogP contribution in [0.2, 0.25) is 0 Å². The van der Waals surface area contributed by atoms with Crippen molar-refractivity contribution >= 4 is 23.2 Å². The minimum atomic E-state index is -3.93. The van der Waals surface area contributed by atoms with Gasteiger partial charge in [0, 0.05) is 5.41 Å². The molecule has 0 spiro atoms. The highest BCUT2D eigenvalue weighted by molar-refractivity contribution is 6.34. The van der Waals surface area contributed by atoms with E-state index >= 15 is 0 Å². The first-order chi connectivity index (χ1) is 5.55. The molecule has 0 atom stereocenters. The number of carbonyl (C=O) groups excluding carboxylic acids is 2. The molecule has 2 nitrogen and oxygen atoms in total. The zero-order valence-electron chi connectivity index (χ0n) is 7.66. The standard InChI is InChI=1S/C8H11ClF2O2/c1-7(2,3)5(12)4-6(13)8(9,10)11/h4H2,1-3H3.